The van der Waals surface area contributed by atoms with Gasteiger partial charge in [0, 0.05) is 11.8 Å². The maximum atomic E-state index is 11.3. The summed E-state index contributed by atoms with van der Waals surface area (Å²) in [5.41, 5.74) is 2.62. The SMILES string of the molecule is COc1ccccc1-c1cc(C)nn1CCS(C)(=O)=O. The molecule has 0 spiro atoms. The summed E-state index contributed by atoms with van der Waals surface area (Å²) in [5.74, 6) is 0.809. The third kappa shape index (κ3) is 3.39. The van der Waals surface area contributed by atoms with Crippen molar-refractivity contribution in [2.45, 2.75) is 13.5 Å². The Morgan fingerprint density at radius 1 is 1.30 bits per heavy atom. The maximum absolute atomic E-state index is 11.3. The van der Waals surface area contributed by atoms with Gasteiger partial charge >= 0.3 is 0 Å². The van der Waals surface area contributed by atoms with Gasteiger partial charge in [-0.2, -0.15) is 5.10 Å². The second-order valence-corrected chi connectivity index (χ2v) is 6.98. The minimum absolute atomic E-state index is 0.0657. The maximum Gasteiger partial charge on any atom is 0.149 e. The average molecular weight is 294 g/mol. The van der Waals surface area contributed by atoms with Crippen LogP contribution in [0.3, 0.4) is 0 Å². The summed E-state index contributed by atoms with van der Waals surface area (Å²) in [6, 6.07) is 9.55. The highest BCUT2D eigenvalue weighted by Gasteiger charge is 2.13. The molecule has 0 saturated carbocycles. The molecule has 0 aliphatic heterocycles. The molecule has 0 bridgehead atoms. The number of rotatable bonds is 5. The molecule has 0 amide bonds. The van der Waals surface area contributed by atoms with Crippen LogP contribution in [-0.2, 0) is 16.4 Å². The van der Waals surface area contributed by atoms with E-state index in [-0.39, 0.29) is 5.75 Å². The van der Waals surface area contributed by atoms with Crippen LogP contribution in [0.15, 0.2) is 30.3 Å². The standard InChI is InChI=1S/C14H18N2O3S/c1-11-10-13(12-6-4-5-7-14(12)19-2)16(15-11)8-9-20(3,17)18/h4-7,10H,8-9H2,1-3H3. The van der Waals surface area contributed by atoms with E-state index in [0.717, 1.165) is 22.7 Å². The Hall–Kier alpha value is -1.82. The quantitative estimate of drug-likeness (QED) is 0.845. The lowest BCUT2D eigenvalue weighted by Crippen LogP contribution is -2.13. The van der Waals surface area contributed by atoms with Crippen molar-refractivity contribution in [1.82, 2.24) is 9.78 Å². The predicted molar refractivity (Wildman–Crippen MR) is 78.7 cm³/mol. The van der Waals surface area contributed by atoms with Crippen LogP contribution in [0.4, 0.5) is 0 Å². The summed E-state index contributed by atoms with van der Waals surface area (Å²) in [5, 5.41) is 4.36. The molecule has 5 nitrogen and oxygen atoms in total. The van der Waals surface area contributed by atoms with Gasteiger partial charge in [-0.3, -0.25) is 4.68 Å². The first kappa shape index (κ1) is 14.6. The molecule has 2 aromatic rings. The second kappa shape index (κ2) is 5.66. The number of nitrogens with zero attached hydrogens (tertiary/aromatic N) is 2. The van der Waals surface area contributed by atoms with E-state index in [9.17, 15) is 8.42 Å². The molecular weight excluding hydrogens is 276 g/mol. The summed E-state index contributed by atoms with van der Waals surface area (Å²) >= 11 is 0. The van der Waals surface area contributed by atoms with Crippen molar-refractivity contribution in [3.05, 3.63) is 36.0 Å². The van der Waals surface area contributed by atoms with Gasteiger partial charge in [0.2, 0.25) is 0 Å². The Balaban J connectivity index is 2.41. The summed E-state index contributed by atoms with van der Waals surface area (Å²) in [7, 11) is -1.41. The average Bonchev–Trinajstić information content (AvgIpc) is 2.76. The number of aromatic nitrogens is 2. The molecule has 108 valence electrons. The first-order valence-corrected chi connectivity index (χ1v) is 8.32. The van der Waals surface area contributed by atoms with E-state index >= 15 is 0 Å². The Morgan fingerprint density at radius 2 is 2.00 bits per heavy atom. The number of para-hydroxylation sites is 1. The zero-order valence-electron chi connectivity index (χ0n) is 11.8. The summed E-state index contributed by atoms with van der Waals surface area (Å²) in [4.78, 5) is 0. The van der Waals surface area contributed by atoms with Gasteiger partial charge in [0.1, 0.15) is 15.6 Å². The molecule has 0 aliphatic rings. The Labute approximate surface area is 119 Å². The third-order valence-electron chi connectivity index (χ3n) is 2.96. The van der Waals surface area contributed by atoms with Crippen molar-refractivity contribution >= 4 is 9.84 Å². The van der Waals surface area contributed by atoms with Gasteiger partial charge in [0.15, 0.2) is 0 Å². The molecule has 0 radical (unpaired) electrons. The van der Waals surface area contributed by atoms with Crippen LogP contribution in [0.2, 0.25) is 0 Å². The first-order chi connectivity index (χ1) is 9.40. The van der Waals surface area contributed by atoms with Crippen molar-refractivity contribution in [3.8, 4) is 17.0 Å². The van der Waals surface area contributed by atoms with Gasteiger partial charge in [-0.1, -0.05) is 12.1 Å². The van der Waals surface area contributed by atoms with Crippen LogP contribution >= 0.6 is 0 Å². The number of methoxy groups -OCH3 is 1. The monoisotopic (exact) mass is 294 g/mol. The summed E-state index contributed by atoms with van der Waals surface area (Å²) in [6.07, 6.45) is 1.23. The predicted octanol–water partition coefficient (Wildman–Crippen LogP) is 1.91. The molecule has 6 heteroatoms. The lowest BCUT2D eigenvalue weighted by atomic mass is 10.1. The Bertz CT molecular complexity index is 705. The Morgan fingerprint density at radius 3 is 2.65 bits per heavy atom. The zero-order valence-corrected chi connectivity index (χ0v) is 12.6. The van der Waals surface area contributed by atoms with Crippen molar-refractivity contribution in [1.29, 1.82) is 0 Å². The van der Waals surface area contributed by atoms with Crippen molar-refractivity contribution in [3.63, 3.8) is 0 Å². The number of hydrogen-bond acceptors (Lipinski definition) is 4. The molecule has 20 heavy (non-hydrogen) atoms. The van der Waals surface area contributed by atoms with Crippen LogP contribution in [0, 0.1) is 6.92 Å². The lowest BCUT2D eigenvalue weighted by Gasteiger charge is -2.10. The van der Waals surface area contributed by atoms with Crippen LogP contribution in [-0.4, -0.2) is 37.3 Å². The minimum atomic E-state index is -3.02. The van der Waals surface area contributed by atoms with Gasteiger partial charge in [0.05, 0.1) is 30.8 Å². The molecule has 0 saturated heterocycles. The molecule has 1 aromatic heterocycles. The van der Waals surface area contributed by atoms with Gasteiger partial charge in [-0.05, 0) is 25.1 Å². The number of sulfone groups is 1. The third-order valence-corrected chi connectivity index (χ3v) is 3.88. The summed E-state index contributed by atoms with van der Waals surface area (Å²) < 4.78 is 29.7. The lowest BCUT2D eigenvalue weighted by molar-refractivity contribution is 0.416. The fraction of sp³-hybridized carbons (Fsp3) is 0.357. The highest BCUT2D eigenvalue weighted by molar-refractivity contribution is 7.90. The largest absolute Gasteiger partial charge is 0.496 e. The van der Waals surface area contributed by atoms with Crippen molar-refractivity contribution < 1.29 is 13.2 Å². The molecule has 1 heterocycles. The first-order valence-electron chi connectivity index (χ1n) is 6.26. The molecule has 0 aliphatic carbocycles. The Kier molecular flexibility index (Phi) is 4.13. The smallest absolute Gasteiger partial charge is 0.149 e. The van der Waals surface area contributed by atoms with E-state index < -0.39 is 9.84 Å². The molecule has 0 atom stereocenters. The van der Waals surface area contributed by atoms with E-state index in [1.54, 1.807) is 11.8 Å². The molecule has 1 aromatic carbocycles. The minimum Gasteiger partial charge on any atom is -0.496 e. The molecule has 0 fully saturated rings. The van der Waals surface area contributed by atoms with E-state index in [1.807, 2.05) is 37.3 Å². The van der Waals surface area contributed by atoms with Crippen LogP contribution in [0.1, 0.15) is 5.69 Å². The molecule has 0 unspecified atom stereocenters. The van der Waals surface area contributed by atoms with Gasteiger partial charge in [-0.25, -0.2) is 8.42 Å². The van der Waals surface area contributed by atoms with Crippen LogP contribution in [0.25, 0.3) is 11.3 Å². The summed E-state index contributed by atoms with van der Waals surface area (Å²) in [6.45, 7) is 2.22. The number of aryl methyl sites for hydroxylation is 2. The second-order valence-electron chi connectivity index (χ2n) is 4.72. The van der Waals surface area contributed by atoms with Crippen molar-refractivity contribution in [2.24, 2.45) is 0 Å². The van der Waals surface area contributed by atoms with Crippen LogP contribution < -0.4 is 4.74 Å². The van der Waals surface area contributed by atoms with Gasteiger partial charge in [0.25, 0.3) is 0 Å². The zero-order chi connectivity index (χ0) is 14.8. The van der Waals surface area contributed by atoms with Crippen LogP contribution in [0.5, 0.6) is 5.75 Å². The van der Waals surface area contributed by atoms with E-state index in [2.05, 4.69) is 5.10 Å². The highest BCUT2D eigenvalue weighted by Crippen LogP contribution is 2.30. The topological polar surface area (TPSA) is 61.2 Å². The molecule has 2 rings (SSSR count). The normalized spacial score (nSPS) is 11.6. The van der Waals surface area contributed by atoms with E-state index in [0.29, 0.717) is 6.54 Å². The molecule has 0 N–H and O–H groups in total. The number of hydrogen-bond donors (Lipinski definition) is 0. The fourth-order valence-corrected chi connectivity index (χ4v) is 2.55. The number of benzene rings is 1. The fourth-order valence-electron chi connectivity index (χ4n) is 2.04. The van der Waals surface area contributed by atoms with Gasteiger partial charge in [-0.15, -0.1) is 0 Å². The van der Waals surface area contributed by atoms with E-state index in [4.69, 9.17) is 4.74 Å². The van der Waals surface area contributed by atoms with Gasteiger partial charge < -0.3 is 4.74 Å². The molecular formula is C14H18N2O3S. The van der Waals surface area contributed by atoms with Crippen molar-refractivity contribution in [2.75, 3.05) is 19.1 Å². The number of ether oxygens (including phenoxy) is 1. The van der Waals surface area contributed by atoms with E-state index in [1.165, 1.54) is 6.26 Å². The highest BCUT2D eigenvalue weighted by atomic mass is 32.2.